The van der Waals surface area contributed by atoms with Crippen molar-refractivity contribution >= 4 is 22.8 Å². The predicted molar refractivity (Wildman–Crippen MR) is 103 cm³/mol. The molecule has 1 aromatic heterocycles. The van der Waals surface area contributed by atoms with Crippen molar-refractivity contribution in [2.75, 3.05) is 6.54 Å². The lowest BCUT2D eigenvalue weighted by Crippen LogP contribution is -2.33. The summed E-state index contributed by atoms with van der Waals surface area (Å²) in [7, 11) is 1.87. The summed E-state index contributed by atoms with van der Waals surface area (Å²) in [6, 6.07) is 17.6. The van der Waals surface area contributed by atoms with Gasteiger partial charge in [-0.1, -0.05) is 48.5 Å². The summed E-state index contributed by atoms with van der Waals surface area (Å²) in [4.78, 5) is 25.5. The van der Waals surface area contributed by atoms with Crippen LogP contribution in [-0.4, -0.2) is 38.2 Å². The Hall–Kier alpha value is -3.15. The van der Waals surface area contributed by atoms with Crippen LogP contribution in [0.1, 0.15) is 24.1 Å². The molecule has 0 unspecified atom stereocenters. The first kappa shape index (κ1) is 18.6. The van der Waals surface area contributed by atoms with Crippen LogP contribution in [0, 0.1) is 0 Å². The van der Waals surface area contributed by atoms with Crippen molar-refractivity contribution in [3.8, 4) is 0 Å². The summed E-state index contributed by atoms with van der Waals surface area (Å²) in [6.07, 6.45) is 0.670. The lowest BCUT2D eigenvalue weighted by Gasteiger charge is -2.22. The molecule has 0 aliphatic carbocycles. The van der Waals surface area contributed by atoms with Gasteiger partial charge in [-0.15, -0.1) is 0 Å². The fraction of sp³-hybridized carbons (Fsp3) is 0.286. The van der Waals surface area contributed by atoms with Crippen LogP contribution in [-0.2, 0) is 29.6 Å². The molecule has 0 spiro atoms. The quantitative estimate of drug-likeness (QED) is 0.666. The fourth-order valence-corrected chi connectivity index (χ4v) is 3.19. The summed E-state index contributed by atoms with van der Waals surface area (Å²) in [5.41, 5.74) is 2.75. The molecule has 6 heteroatoms. The second-order valence-corrected chi connectivity index (χ2v) is 6.56. The molecule has 140 valence electrons. The van der Waals surface area contributed by atoms with Gasteiger partial charge in [0.2, 0.25) is 5.91 Å². The number of amides is 1. The van der Waals surface area contributed by atoms with E-state index >= 15 is 0 Å². The van der Waals surface area contributed by atoms with Crippen LogP contribution in [0.15, 0.2) is 54.6 Å². The average Bonchev–Trinajstić information content (AvgIpc) is 2.97. The molecule has 0 radical (unpaired) electrons. The van der Waals surface area contributed by atoms with Gasteiger partial charge >= 0.3 is 5.97 Å². The first-order valence-corrected chi connectivity index (χ1v) is 8.98. The molecule has 0 saturated carbocycles. The Morgan fingerprint density at radius 1 is 1.07 bits per heavy atom. The summed E-state index contributed by atoms with van der Waals surface area (Å²) in [5, 5.41) is 14.4. The lowest BCUT2D eigenvalue weighted by molar-refractivity contribution is -0.138. The zero-order valence-electron chi connectivity index (χ0n) is 15.3. The van der Waals surface area contributed by atoms with Crippen LogP contribution in [0.3, 0.4) is 0 Å². The highest BCUT2D eigenvalue weighted by molar-refractivity contribution is 5.87. The topological polar surface area (TPSA) is 75.4 Å². The number of carbonyl (C=O) groups is 2. The highest BCUT2D eigenvalue weighted by Gasteiger charge is 2.18. The molecule has 2 aromatic carbocycles. The zero-order chi connectivity index (χ0) is 19.2. The van der Waals surface area contributed by atoms with Crippen LogP contribution in [0.25, 0.3) is 10.9 Å². The third kappa shape index (κ3) is 4.73. The molecule has 0 saturated heterocycles. The van der Waals surface area contributed by atoms with Gasteiger partial charge in [0.1, 0.15) is 0 Å². The van der Waals surface area contributed by atoms with Crippen LogP contribution in [0.2, 0.25) is 0 Å². The van der Waals surface area contributed by atoms with E-state index < -0.39 is 5.97 Å². The minimum absolute atomic E-state index is 0.0467. The van der Waals surface area contributed by atoms with Crippen molar-refractivity contribution in [2.45, 2.75) is 25.8 Å². The number of nitrogens with zero attached hydrogens (tertiary/aromatic N) is 3. The first-order valence-electron chi connectivity index (χ1n) is 8.98. The van der Waals surface area contributed by atoms with Gasteiger partial charge in [0, 0.05) is 31.9 Å². The molecule has 0 atom stereocenters. The van der Waals surface area contributed by atoms with Crippen LogP contribution >= 0.6 is 0 Å². The third-order valence-electron chi connectivity index (χ3n) is 4.54. The number of aryl methyl sites for hydroxylation is 1. The van der Waals surface area contributed by atoms with E-state index in [-0.39, 0.29) is 18.7 Å². The average molecular weight is 365 g/mol. The van der Waals surface area contributed by atoms with Gasteiger partial charge in [0.05, 0.1) is 17.6 Å². The predicted octanol–water partition coefficient (Wildman–Crippen LogP) is 3.01. The second-order valence-electron chi connectivity index (χ2n) is 6.56. The zero-order valence-corrected chi connectivity index (χ0v) is 15.3. The second kappa shape index (κ2) is 8.49. The lowest BCUT2D eigenvalue weighted by atomic mass is 10.1. The minimum atomic E-state index is -0.849. The number of carboxylic acids is 1. The molecule has 1 heterocycles. The molecular weight excluding hydrogens is 342 g/mol. The van der Waals surface area contributed by atoms with E-state index in [9.17, 15) is 9.59 Å². The van der Waals surface area contributed by atoms with Crippen molar-refractivity contribution in [2.24, 2.45) is 7.05 Å². The Morgan fingerprint density at radius 2 is 1.78 bits per heavy atom. The number of hydrogen-bond acceptors (Lipinski definition) is 3. The maximum absolute atomic E-state index is 13.0. The third-order valence-corrected chi connectivity index (χ3v) is 4.54. The highest BCUT2D eigenvalue weighted by Crippen LogP contribution is 2.19. The van der Waals surface area contributed by atoms with Crippen molar-refractivity contribution in [1.29, 1.82) is 0 Å². The number of aromatic nitrogens is 2. The van der Waals surface area contributed by atoms with E-state index in [1.165, 1.54) is 0 Å². The van der Waals surface area contributed by atoms with Crippen LogP contribution in [0.5, 0.6) is 0 Å². The standard InChI is InChI=1S/C21H23N3O3/c1-23-19-11-6-5-10-17(19)18(22-23)14-20(25)24(13-7-12-21(26)27)15-16-8-3-2-4-9-16/h2-6,8-11H,7,12-15H2,1H3,(H,26,27). The Kier molecular flexibility index (Phi) is 5.86. The summed E-state index contributed by atoms with van der Waals surface area (Å²) in [5.74, 6) is -0.897. The van der Waals surface area contributed by atoms with Gasteiger partial charge < -0.3 is 10.0 Å². The van der Waals surface area contributed by atoms with Gasteiger partial charge in [0.25, 0.3) is 0 Å². The largest absolute Gasteiger partial charge is 0.481 e. The maximum Gasteiger partial charge on any atom is 0.303 e. The number of fused-ring (bicyclic) bond motifs is 1. The van der Waals surface area contributed by atoms with Gasteiger partial charge in [-0.25, -0.2) is 0 Å². The fourth-order valence-electron chi connectivity index (χ4n) is 3.19. The van der Waals surface area contributed by atoms with E-state index in [1.54, 1.807) is 9.58 Å². The molecule has 0 bridgehead atoms. The number of rotatable bonds is 8. The summed E-state index contributed by atoms with van der Waals surface area (Å²) in [6.45, 7) is 0.870. The molecule has 0 aliphatic heterocycles. The van der Waals surface area contributed by atoms with E-state index in [1.807, 2.05) is 61.6 Å². The Balaban J connectivity index is 1.77. The minimum Gasteiger partial charge on any atom is -0.481 e. The molecule has 1 amide bonds. The number of aliphatic carboxylic acids is 1. The van der Waals surface area contributed by atoms with Crippen molar-refractivity contribution in [1.82, 2.24) is 14.7 Å². The Labute approximate surface area is 158 Å². The van der Waals surface area contributed by atoms with Crippen molar-refractivity contribution in [3.05, 3.63) is 65.9 Å². The van der Waals surface area contributed by atoms with E-state index in [0.29, 0.717) is 19.5 Å². The number of carboxylic acid groups (broad SMARTS) is 1. The summed E-state index contributed by atoms with van der Waals surface area (Å²) < 4.78 is 1.78. The molecule has 6 nitrogen and oxygen atoms in total. The van der Waals surface area contributed by atoms with Gasteiger partial charge in [0.15, 0.2) is 0 Å². The number of hydrogen-bond donors (Lipinski definition) is 1. The van der Waals surface area contributed by atoms with E-state index in [4.69, 9.17) is 5.11 Å². The summed E-state index contributed by atoms with van der Waals surface area (Å²) >= 11 is 0. The molecule has 3 aromatic rings. The Morgan fingerprint density at radius 3 is 2.52 bits per heavy atom. The van der Waals surface area contributed by atoms with Crippen LogP contribution < -0.4 is 0 Å². The van der Waals surface area contributed by atoms with Crippen LogP contribution in [0.4, 0.5) is 0 Å². The van der Waals surface area contributed by atoms with Gasteiger partial charge in [-0.3, -0.25) is 14.3 Å². The number of para-hydroxylation sites is 1. The number of carbonyl (C=O) groups excluding carboxylic acids is 1. The molecule has 0 fully saturated rings. The molecular formula is C21H23N3O3. The normalized spacial score (nSPS) is 10.9. The SMILES string of the molecule is Cn1nc(CC(=O)N(CCCC(=O)O)Cc2ccccc2)c2ccccc21. The smallest absolute Gasteiger partial charge is 0.303 e. The highest BCUT2D eigenvalue weighted by atomic mass is 16.4. The van der Waals surface area contributed by atoms with Gasteiger partial charge in [-0.05, 0) is 18.1 Å². The monoisotopic (exact) mass is 365 g/mol. The maximum atomic E-state index is 13.0. The van der Waals surface area contributed by atoms with E-state index in [0.717, 1.165) is 22.2 Å². The number of benzene rings is 2. The molecule has 3 rings (SSSR count). The molecule has 27 heavy (non-hydrogen) atoms. The first-order chi connectivity index (χ1) is 13.0. The van der Waals surface area contributed by atoms with Crippen molar-refractivity contribution < 1.29 is 14.7 Å². The van der Waals surface area contributed by atoms with Gasteiger partial charge in [-0.2, -0.15) is 5.10 Å². The molecule has 0 aliphatic rings. The van der Waals surface area contributed by atoms with E-state index in [2.05, 4.69) is 5.10 Å². The Bertz CT molecular complexity index is 934. The van der Waals surface area contributed by atoms with Crippen molar-refractivity contribution in [3.63, 3.8) is 0 Å². The molecule has 1 N–H and O–H groups in total.